The van der Waals surface area contributed by atoms with Crippen LogP contribution in [0.5, 0.6) is 0 Å². The van der Waals surface area contributed by atoms with Gasteiger partial charge in [0.2, 0.25) is 0 Å². The number of aromatic nitrogens is 5. The standard InChI is InChI=1S/C25H24ClN5O7/c32-23-20(11-12-31-24(33)19-3-1-2-4-21(19)29-30-31)22(37-25(23)38-26(34,35)36)10-7-16-5-8-17(9-6-16)18-13-27-15-28-14-18/h1-6,8-9,13-15,20,22-23,25,32H,7,10-12H2/t20-,22+,23-,25+/m0/s1. The fourth-order valence-corrected chi connectivity index (χ4v) is 5.02. The maximum Gasteiger partial charge on any atom is 0.340 e. The van der Waals surface area contributed by atoms with Gasteiger partial charge in [-0.25, -0.2) is 14.6 Å². The highest BCUT2D eigenvalue weighted by atomic mass is 35.7. The summed E-state index contributed by atoms with van der Waals surface area (Å²) in [6, 6.07) is 14.6. The van der Waals surface area contributed by atoms with Crippen molar-refractivity contribution in [1.29, 1.82) is 0 Å². The van der Waals surface area contributed by atoms with Crippen molar-refractivity contribution < 1.29 is 38.4 Å². The van der Waals surface area contributed by atoms with Crippen LogP contribution in [0, 0.1) is 16.2 Å². The van der Waals surface area contributed by atoms with Crippen LogP contribution in [0.3, 0.4) is 0 Å². The Hall–Kier alpha value is -3.36. The van der Waals surface area contributed by atoms with Crippen LogP contribution in [0.15, 0.2) is 72.0 Å². The SMILES string of the molecule is O=c1c2ccccc2nnn1CC[C@@H]1[C@H](O)[C@@H](O[Cl+3]([O-])([O-])[O-])O[C@@H]1CCc1ccc(-c2cncnc2)cc1. The van der Waals surface area contributed by atoms with Gasteiger partial charge in [-0.1, -0.05) is 41.6 Å². The van der Waals surface area contributed by atoms with Gasteiger partial charge in [0.05, 0.1) is 21.7 Å². The van der Waals surface area contributed by atoms with Crippen molar-refractivity contribution in [2.45, 2.75) is 44.3 Å². The summed E-state index contributed by atoms with van der Waals surface area (Å²) in [7, 11) is -4.81. The maximum absolute atomic E-state index is 12.8. The van der Waals surface area contributed by atoms with Crippen molar-refractivity contribution in [3.05, 3.63) is 83.2 Å². The topological polar surface area (TPSA) is 181 Å². The predicted molar refractivity (Wildman–Crippen MR) is 123 cm³/mol. The average Bonchev–Trinajstić information content (AvgIpc) is 3.20. The molecule has 1 aliphatic heterocycles. The summed E-state index contributed by atoms with van der Waals surface area (Å²) < 4.78 is 44.7. The number of fused-ring (bicyclic) bond motifs is 1. The van der Waals surface area contributed by atoms with E-state index < -0.39 is 34.7 Å². The van der Waals surface area contributed by atoms with E-state index in [9.17, 15) is 23.9 Å². The molecule has 3 heterocycles. The number of aliphatic hydroxyl groups excluding tert-OH is 1. The highest BCUT2D eigenvalue weighted by Crippen LogP contribution is 2.34. The Morgan fingerprint density at radius 2 is 1.74 bits per heavy atom. The average molecular weight is 542 g/mol. The summed E-state index contributed by atoms with van der Waals surface area (Å²) in [6.07, 6.45) is 2.37. The minimum atomic E-state index is -4.81. The van der Waals surface area contributed by atoms with Crippen LogP contribution >= 0.6 is 0 Å². The molecule has 0 unspecified atom stereocenters. The van der Waals surface area contributed by atoms with Crippen molar-refractivity contribution in [2.24, 2.45) is 5.92 Å². The van der Waals surface area contributed by atoms with Gasteiger partial charge in [-0.15, -0.1) is 5.10 Å². The summed E-state index contributed by atoms with van der Waals surface area (Å²) in [5.41, 5.74) is 2.95. The van der Waals surface area contributed by atoms with Crippen LogP contribution < -0.4 is 19.5 Å². The third-order valence-electron chi connectivity index (χ3n) is 6.57. The Morgan fingerprint density at radius 1 is 1.00 bits per heavy atom. The number of rotatable bonds is 9. The van der Waals surface area contributed by atoms with E-state index in [1.807, 2.05) is 24.3 Å². The molecule has 0 radical (unpaired) electrons. The van der Waals surface area contributed by atoms with Gasteiger partial charge in [0.15, 0.2) is 0 Å². The molecule has 1 aliphatic rings. The monoisotopic (exact) mass is 541 g/mol. The van der Waals surface area contributed by atoms with Crippen LogP contribution in [-0.4, -0.2) is 48.6 Å². The smallest absolute Gasteiger partial charge is 0.340 e. The Kier molecular flexibility index (Phi) is 7.72. The lowest BCUT2D eigenvalue weighted by atomic mass is 9.90. The molecule has 4 aromatic rings. The second-order valence-corrected chi connectivity index (χ2v) is 9.88. The lowest BCUT2D eigenvalue weighted by Crippen LogP contribution is -2.63. The molecular weight excluding hydrogens is 518 g/mol. The van der Waals surface area contributed by atoms with Crippen molar-refractivity contribution in [3.63, 3.8) is 0 Å². The minimum Gasteiger partial charge on any atom is -0.387 e. The molecule has 13 heteroatoms. The fourth-order valence-electron chi connectivity index (χ4n) is 4.66. The molecule has 1 N–H and O–H groups in total. The first-order valence-corrected chi connectivity index (χ1v) is 13.1. The van der Waals surface area contributed by atoms with Gasteiger partial charge in [0, 0.05) is 30.4 Å². The lowest BCUT2D eigenvalue weighted by molar-refractivity contribution is -1.92. The quantitative estimate of drug-likeness (QED) is 0.271. The van der Waals surface area contributed by atoms with Crippen LogP contribution in [-0.2, 0) is 22.0 Å². The summed E-state index contributed by atoms with van der Waals surface area (Å²) in [6.45, 7) is 0.0979. The number of hydrogen-bond donors (Lipinski definition) is 1. The molecule has 5 rings (SSSR count). The van der Waals surface area contributed by atoms with E-state index in [0.717, 1.165) is 16.7 Å². The number of aryl methyl sites for hydroxylation is 2. The Labute approximate surface area is 218 Å². The van der Waals surface area contributed by atoms with Crippen LogP contribution in [0.25, 0.3) is 22.0 Å². The third-order valence-corrected chi connectivity index (χ3v) is 6.96. The zero-order chi connectivity index (χ0) is 26.7. The van der Waals surface area contributed by atoms with Gasteiger partial charge in [-0.2, -0.15) is 14.0 Å². The van der Waals surface area contributed by atoms with Gasteiger partial charge in [-0.05, 0) is 42.5 Å². The van der Waals surface area contributed by atoms with Gasteiger partial charge in [0.1, 0.15) is 22.2 Å². The fraction of sp³-hybridized carbons (Fsp3) is 0.320. The van der Waals surface area contributed by atoms with E-state index in [1.165, 1.54) is 11.0 Å². The molecule has 0 aliphatic carbocycles. The molecule has 198 valence electrons. The highest BCUT2D eigenvalue weighted by Gasteiger charge is 2.50. The molecule has 1 fully saturated rings. The van der Waals surface area contributed by atoms with Gasteiger partial charge in [-0.3, -0.25) is 4.79 Å². The zero-order valence-corrected chi connectivity index (χ0v) is 20.8. The first-order valence-electron chi connectivity index (χ1n) is 11.9. The lowest BCUT2D eigenvalue weighted by Gasteiger charge is -2.20. The number of benzene rings is 2. The highest BCUT2D eigenvalue weighted by molar-refractivity contribution is 5.76. The van der Waals surface area contributed by atoms with Gasteiger partial charge >= 0.3 is 6.29 Å². The number of halogens is 1. The maximum atomic E-state index is 12.8. The molecule has 12 nitrogen and oxygen atoms in total. The van der Waals surface area contributed by atoms with Crippen molar-refractivity contribution in [2.75, 3.05) is 0 Å². The van der Waals surface area contributed by atoms with E-state index in [1.54, 1.807) is 36.7 Å². The van der Waals surface area contributed by atoms with Crippen molar-refractivity contribution in [1.82, 2.24) is 25.0 Å². The molecular formula is C25H24ClN5O7. The summed E-state index contributed by atoms with van der Waals surface area (Å²) in [5.74, 6) is -0.627. The second kappa shape index (κ2) is 11.2. The van der Waals surface area contributed by atoms with E-state index in [4.69, 9.17) is 4.74 Å². The number of aliphatic hydroxyl groups is 1. The first kappa shape index (κ1) is 26.3. The number of ether oxygens (including phenoxy) is 1. The van der Waals surface area contributed by atoms with E-state index in [-0.39, 0.29) is 18.5 Å². The van der Waals surface area contributed by atoms with Crippen molar-refractivity contribution in [3.8, 4) is 11.1 Å². The molecule has 38 heavy (non-hydrogen) atoms. The third kappa shape index (κ3) is 6.03. The molecule has 4 atom stereocenters. The van der Waals surface area contributed by atoms with E-state index in [0.29, 0.717) is 23.7 Å². The van der Waals surface area contributed by atoms with Gasteiger partial charge < -0.3 is 9.84 Å². The molecule has 2 aromatic carbocycles. The van der Waals surface area contributed by atoms with E-state index >= 15 is 0 Å². The van der Waals surface area contributed by atoms with Crippen LogP contribution in [0.1, 0.15) is 18.4 Å². The van der Waals surface area contributed by atoms with Crippen molar-refractivity contribution >= 4 is 10.9 Å². The number of hydrogen-bond acceptors (Lipinski definition) is 11. The zero-order valence-electron chi connectivity index (χ0n) is 20.0. The first-order chi connectivity index (χ1) is 18.3. The molecule has 0 amide bonds. The second-order valence-electron chi connectivity index (χ2n) is 8.95. The molecule has 2 aromatic heterocycles. The minimum absolute atomic E-state index is 0.0979. The summed E-state index contributed by atoms with van der Waals surface area (Å²) >= 11 is 0. The Bertz CT molecular complexity index is 1430. The molecule has 0 bridgehead atoms. The summed E-state index contributed by atoms with van der Waals surface area (Å²) in [5, 5.41) is 19.2. The van der Waals surface area contributed by atoms with Crippen LogP contribution in [0.2, 0.25) is 0 Å². The molecule has 1 saturated heterocycles. The summed E-state index contributed by atoms with van der Waals surface area (Å²) in [4.78, 5) is 20.8. The normalized spacial score (nSPS) is 21.7. The largest absolute Gasteiger partial charge is 0.387 e. The number of nitrogens with zero attached hydrogens (tertiary/aromatic N) is 5. The molecule has 0 saturated carbocycles. The van der Waals surface area contributed by atoms with Gasteiger partial charge in [0.25, 0.3) is 5.56 Å². The van der Waals surface area contributed by atoms with E-state index in [2.05, 4.69) is 24.6 Å². The Balaban J connectivity index is 1.29. The van der Waals surface area contributed by atoms with Crippen LogP contribution in [0.4, 0.5) is 0 Å². The predicted octanol–water partition coefficient (Wildman–Crippen LogP) is -1.11. The molecule has 0 spiro atoms. The Morgan fingerprint density at radius 3 is 2.47 bits per heavy atom.